The third-order valence-electron chi connectivity index (χ3n) is 6.65. The van der Waals surface area contributed by atoms with Crippen LogP contribution in [0.3, 0.4) is 0 Å². The van der Waals surface area contributed by atoms with E-state index in [1.165, 1.54) is 0 Å². The zero-order valence-corrected chi connectivity index (χ0v) is 21.6. The number of unbranched alkanes of at least 4 members (excludes halogenated alkanes) is 1. The summed E-state index contributed by atoms with van der Waals surface area (Å²) in [6, 6.07) is 15.4. The van der Waals surface area contributed by atoms with Crippen LogP contribution >= 0.6 is 0 Å². The molecule has 0 spiro atoms. The van der Waals surface area contributed by atoms with E-state index in [0.717, 1.165) is 49.7 Å². The molecule has 0 heterocycles. The highest BCUT2D eigenvalue weighted by molar-refractivity contribution is 5.91. The molecule has 2 N–H and O–H groups in total. The Hall–Kier alpha value is -2.90. The van der Waals surface area contributed by atoms with Crippen molar-refractivity contribution in [3.05, 3.63) is 70.8 Å². The van der Waals surface area contributed by atoms with Gasteiger partial charge in [-0.2, -0.15) is 0 Å². The van der Waals surface area contributed by atoms with Gasteiger partial charge < -0.3 is 24.8 Å². The molecule has 2 amide bonds. The molecule has 0 radical (unpaired) electrons. The largest absolute Gasteiger partial charge is 0.478 e. The van der Waals surface area contributed by atoms with Gasteiger partial charge in [0, 0.05) is 19.6 Å². The summed E-state index contributed by atoms with van der Waals surface area (Å²) < 4.78 is 12.3. The first-order valence-electron chi connectivity index (χ1n) is 13.1. The normalized spacial score (nSPS) is 17.5. The van der Waals surface area contributed by atoms with Gasteiger partial charge in [0.1, 0.15) is 0 Å². The highest BCUT2D eigenvalue weighted by Crippen LogP contribution is 2.25. The van der Waals surface area contributed by atoms with Crippen molar-refractivity contribution in [2.45, 2.75) is 77.7 Å². The molecule has 1 saturated carbocycles. The zero-order valence-electron chi connectivity index (χ0n) is 21.6. The predicted molar refractivity (Wildman–Crippen MR) is 140 cm³/mol. The first-order chi connectivity index (χ1) is 17.5. The number of rotatable bonds is 13. The van der Waals surface area contributed by atoms with Crippen molar-refractivity contribution >= 4 is 12.0 Å². The van der Waals surface area contributed by atoms with Crippen LogP contribution in [0.5, 0.6) is 0 Å². The molecule has 0 bridgehead atoms. The number of carboxylic acids is 1. The van der Waals surface area contributed by atoms with Gasteiger partial charge in [-0.1, -0.05) is 61.9 Å². The van der Waals surface area contributed by atoms with E-state index in [9.17, 15) is 14.7 Å². The van der Waals surface area contributed by atoms with Crippen LogP contribution < -0.4 is 5.32 Å². The molecule has 3 rings (SSSR count). The van der Waals surface area contributed by atoms with Gasteiger partial charge in [0.25, 0.3) is 0 Å². The number of amides is 2. The summed E-state index contributed by atoms with van der Waals surface area (Å²) >= 11 is 0. The Morgan fingerprint density at radius 3 is 2.53 bits per heavy atom. The molecule has 1 aliphatic carbocycles. The molecular formula is C29H40N2O5. The summed E-state index contributed by atoms with van der Waals surface area (Å²) in [6.45, 7) is 6.39. The fraction of sp³-hybridized carbons (Fsp3) is 0.517. The van der Waals surface area contributed by atoms with Gasteiger partial charge in [-0.3, -0.25) is 0 Å². The number of carbonyl (C=O) groups is 2. The quantitative estimate of drug-likeness (QED) is 0.355. The van der Waals surface area contributed by atoms with E-state index in [1.807, 2.05) is 60.4 Å². The van der Waals surface area contributed by atoms with Crippen LogP contribution in [-0.2, 0) is 22.6 Å². The Morgan fingerprint density at radius 1 is 1.06 bits per heavy atom. The predicted octanol–water partition coefficient (Wildman–Crippen LogP) is 5.55. The summed E-state index contributed by atoms with van der Waals surface area (Å²) in [5, 5.41) is 12.6. The Bertz CT molecular complexity index is 965. The summed E-state index contributed by atoms with van der Waals surface area (Å²) in [5.41, 5.74) is 2.87. The van der Waals surface area contributed by atoms with E-state index in [-0.39, 0.29) is 24.8 Å². The lowest BCUT2D eigenvalue weighted by molar-refractivity contribution is -0.0526. The Balaban J connectivity index is 1.49. The smallest absolute Gasteiger partial charge is 0.336 e. The van der Waals surface area contributed by atoms with Crippen molar-refractivity contribution in [1.82, 2.24) is 10.2 Å². The maximum absolute atomic E-state index is 12.8. The van der Waals surface area contributed by atoms with Crippen molar-refractivity contribution in [1.29, 1.82) is 0 Å². The third-order valence-corrected chi connectivity index (χ3v) is 6.65. The molecule has 0 aliphatic heterocycles. The molecule has 1 aliphatic rings. The maximum atomic E-state index is 12.8. The van der Waals surface area contributed by atoms with Crippen molar-refractivity contribution in [2.75, 3.05) is 19.7 Å². The van der Waals surface area contributed by atoms with Crippen LogP contribution in [0, 0.1) is 6.92 Å². The maximum Gasteiger partial charge on any atom is 0.336 e. The van der Waals surface area contributed by atoms with E-state index < -0.39 is 5.97 Å². The van der Waals surface area contributed by atoms with Gasteiger partial charge in [-0.15, -0.1) is 0 Å². The van der Waals surface area contributed by atoms with E-state index in [2.05, 4.69) is 12.2 Å². The highest BCUT2D eigenvalue weighted by Gasteiger charge is 2.24. The first-order valence-corrected chi connectivity index (χ1v) is 13.1. The molecule has 7 nitrogen and oxygen atoms in total. The number of carboxylic acid groups (broad SMARTS) is 1. The van der Waals surface area contributed by atoms with Crippen molar-refractivity contribution in [2.24, 2.45) is 0 Å². The number of urea groups is 1. The molecule has 0 aromatic heterocycles. The lowest BCUT2D eigenvalue weighted by atomic mass is 9.94. The number of hydrogen-bond acceptors (Lipinski definition) is 4. The lowest BCUT2D eigenvalue weighted by Crippen LogP contribution is -2.42. The summed E-state index contributed by atoms with van der Waals surface area (Å²) in [5.74, 6) is -0.921. The summed E-state index contributed by atoms with van der Waals surface area (Å²) in [6.07, 6.45) is 5.77. The fourth-order valence-corrected chi connectivity index (χ4v) is 4.64. The number of carbonyl (C=O) groups excluding carboxylic acids is 1. The summed E-state index contributed by atoms with van der Waals surface area (Å²) in [4.78, 5) is 26.2. The van der Waals surface area contributed by atoms with E-state index in [4.69, 9.17) is 9.47 Å². The lowest BCUT2D eigenvalue weighted by Gasteiger charge is -2.30. The van der Waals surface area contributed by atoms with Crippen molar-refractivity contribution in [3.63, 3.8) is 0 Å². The molecule has 2 aromatic rings. The first kappa shape index (κ1) is 27.7. The molecule has 0 saturated heterocycles. The minimum atomic E-state index is -0.921. The van der Waals surface area contributed by atoms with E-state index in [0.29, 0.717) is 37.4 Å². The standard InChI is InChI=1S/C29H40N2O5/c1-3-4-16-30-29(34)31(20-23-11-6-5-7-12-23)17-18-35-25-14-9-15-26(19-25)36-21-24-13-8-10-22(2)27(24)28(32)33/h5-8,10-13,25-26H,3-4,9,14-21H2,1-2H3,(H,30,34)(H,32,33)/t25-,26?/m0/s1. The van der Waals surface area contributed by atoms with Gasteiger partial charge in [-0.25, -0.2) is 9.59 Å². The average molecular weight is 497 g/mol. The van der Waals surface area contributed by atoms with Crippen LogP contribution in [0.1, 0.15) is 72.5 Å². The monoisotopic (exact) mass is 496 g/mol. The Labute approximate surface area is 214 Å². The minimum absolute atomic E-state index is 0.0312. The second-order valence-electron chi connectivity index (χ2n) is 9.50. The van der Waals surface area contributed by atoms with Crippen molar-refractivity contribution in [3.8, 4) is 0 Å². The molecule has 2 aromatic carbocycles. The van der Waals surface area contributed by atoms with Crippen LogP contribution in [0.2, 0.25) is 0 Å². The molecule has 36 heavy (non-hydrogen) atoms. The third kappa shape index (κ3) is 8.64. The SMILES string of the molecule is CCCCNC(=O)N(CCO[C@H]1CCCC(OCc2cccc(C)c2C(=O)O)C1)Cc1ccccc1. The van der Waals surface area contributed by atoms with Crippen LogP contribution in [0.4, 0.5) is 4.79 Å². The molecule has 2 atom stereocenters. The molecule has 7 heteroatoms. The molecule has 196 valence electrons. The number of nitrogens with zero attached hydrogens (tertiary/aromatic N) is 1. The van der Waals surface area contributed by atoms with Gasteiger partial charge >= 0.3 is 12.0 Å². The number of nitrogens with one attached hydrogen (secondary N) is 1. The van der Waals surface area contributed by atoms with Gasteiger partial charge in [-0.05, 0) is 55.7 Å². The van der Waals surface area contributed by atoms with Gasteiger partial charge in [0.05, 0.1) is 31.0 Å². The molecule has 1 unspecified atom stereocenters. The molecular weight excluding hydrogens is 456 g/mol. The number of benzene rings is 2. The highest BCUT2D eigenvalue weighted by atomic mass is 16.5. The number of hydrogen-bond donors (Lipinski definition) is 2. The number of aryl methyl sites for hydroxylation is 1. The van der Waals surface area contributed by atoms with Gasteiger partial charge in [0.15, 0.2) is 0 Å². The van der Waals surface area contributed by atoms with Crippen LogP contribution in [0.15, 0.2) is 48.5 Å². The van der Waals surface area contributed by atoms with Gasteiger partial charge in [0.2, 0.25) is 0 Å². The second kappa shape index (κ2) is 14.6. The Kier molecular flexibility index (Phi) is 11.2. The second-order valence-corrected chi connectivity index (χ2v) is 9.50. The number of aromatic carboxylic acids is 1. The minimum Gasteiger partial charge on any atom is -0.478 e. The topological polar surface area (TPSA) is 88.1 Å². The van der Waals surface area contributed by atoms with Crippen LogP contribution in [0.25, 0.3) is 0 Å². The molecule has 1 fully saturated rings. The zero-order chi connectivity index (χ0) is 25.8. The summed E-state index contributed by atoms with van der Waals surface area (Å²) in [7, 11) is 0. The van der Waals surface area contributed by atoms with E-state index >= 15 is 0 Å². The Morgan fingerprint density at radius 2 is 1.81 bits per heavy atom. The fourth-order valence-electron chi connectivity index (χ4n) is 4.64. The number of ether oxygens (including phenoxy) is 2. The average Bonchev–Trinajstić information content (AvgIpc) is 2.87. The van der Waals surface area contributed by atoms with Crippen LogP contribution in [-0.4, -0.2) is 53.9 Å². The van der Waals surface area contributed by atoms with E-state index in [1.54, 1.807) is 0 Å². The van der Waals surface area contributed by atoms with Crippen molar-refractivity contribution < 1.29 is 24.2 Å².